The molecule has 0 saturated heterocycles. The smallest absolute Gasteiger partial charge is 0.328 e. The Labute approximate surface area is 102 Å². The molecule has 8 heteroatoms. The molecule has 0 aliphatic carbocycles. The molecular formula is C10H10N4O4. The topological polar surface area (TPSA) is 118 Å². The number of nitrogens with zero attached hydrogens (tertiary/aromatic N) is 3. The minimum absolute atomic E-state index is 0.0389. The van der Waals surface area contributed by atoms with Crippen molar-refractivity contribution in [1.82, 2.24) is 4.98 Å². The molecule has 18 heavy (non-hydrogen) atoms. The van der Waals surface area contributed by atoms with Gasteiger partial charge in [-0.05, 0) is 6.07 Å². The Morgan fingerprint density at radius 1 is 1.72 bits per heavy atom. The molecule has 1 N–H and O–H groups in total. The highest BCUT2D eigenvalue weighted by Crippen LogP contribution is 2.25. The van der Waals surface area contributed by atoms with Crippen molar-refractivity contribution in [3.05, 3.63) is 27.9 Å². The maximum absolute atomic E-state index is 10.9. The zero-order chi connectivity index (χ0) is 13.5. The second-order valence-electron chi connectivity index (χ2n) is 3.18. The Balaban J connectivity index is 2.86. The monoisotopic (exact) mass is 250 g/mol. The molecular weight excluding hydrogens is 240 g/mol. The molecule has 0 radical (unpaired) electrons. The summed E-state index contributed by atoms with van der Waals surface area (Å²) >= 11 is 0. The summed E-state index contributed by atoms with van der Waals surface area (Å²) in [5.41, 5.74) is -0.486. The van der Waals surface area contributed by atoms with E-state index in [1.54, 1.807) is 6.07 Å². The van der Waals surface area contributed by atoms with Crippen LogP contribution in [0.1, 0.15) is 12.0 Å². The highest BCUT2D eigenvalue weighted by molar-refractivity contribution is 5.70. The first-order valence-corrected chi connectivity index (χ1v) is 4.94. The number of ether oxygens (including phenoxy) is 1. The lowest BCUT2D eigenvalue weighted by Crippen LogP contribution is -2.12. The van der Waals surface area contributed by atoms with Crippen LogP contribution < -0.4 is 5.32 Å². The van der Waals surface area contributed by atoms with Crippen molar-refractivity contribution in [3.8, 4) is 6.07 Å². The predicted molar refractivity (Wildman–Crippen MR) is 60.7 cm³/mol. The third kappa shape index (κ3) is 3.15. The van der Waals surface area contributed by atoms with Crippen LogP contribution in [0, 0.1) is 21.4 Å². The number of anilines is 1. The minimum Gasteiger partial charge on any atom is -0.469 e. The van der Waals surface area contributed by atoms with Gasteiger partial charge in [-0.25, -0.2) is 4.98 Å². The van der Waals surface area contributed by atoms with Gasteiger partial charge in [-0.1, -0.05) is 0 Å². The van der Waals surface area contributed by atoms with Gasteiger partial charge >= 0.3 is 11.7 Å². The molecule has 0 spiro atoms. The minimum atomic E-state index is -0.688. The predicted octanol–water partition coefficient (Wildman–Crippen LogP) is 0.836. The summed E-state index contributed by atoms with van der Waals surface area (Å²) in [6, 6.07) is 2.97. The Morgan fingerprint density at radius 2 is 2.44 bits per heavy atom. The summed E-state index contributed by atoms with van der Waals surface area (Å²) in [5.74, 6) is -0.482. The molecule has 1 rings (SSSR count). The zero-order valence-electron chi connectivity index (χ0n) is 9.54. The summed E-state index contributed by atoms with van der Waals surface area (Å²) in [7, 11) is 1.25. The first-order valence-electron chi connectivity index (χ1n) is 4.94. The van der Waals surface area contributed by atoms with Crippen LogP contribution in [0.2, 0.25) is 0 Å². The number of methoxy groups -OCH3 is 1. The quantitative estimate of drug-likeness (QED) is 0.467. The van der Waals surface area contributed by atoms with Crippen molar-refractivity contribution in [2.75, 3.05) is 19.0 Å². The van der Waals surface area contributed by atoms with Crippen molar-refractivity contribution in [3.63, 3.8) is 0 Å². The summed E-state index contributed by atoms with van der Waals surface area (Å²) < 4.78 is 4.43. The van der Waals surface area contributed by atoms with Crippen LogP contribution in [-0.2, 0) is 9.53 Å². The van der Waals surface area contributed by atoms with Crippen LogP contribution in [0.15, 0.2) is 12.3 Å². The van der Waals surface area contributed by atoms with Gasteiger partial charge in [-0.15, -0.1) is 0 Å². The second kappa shape index (κ2) is 6.15. The Bertz CT molecular complexity index is 509. The molecule has 0 aliphatic heterocycles. The fourth-order valence-corrected chi connectivity index (χ4v) is 1.24. The van der Waals surface area contributed by atoms with Crippen molar-refractivity contribution >= 4 is 17.5 Å². The lowest BCUT2D eigenvalue weighted by molar-refractivity contribution is -0.384. The van der Waals surface area contributed by atoms with Crippen LogP contribution in [0.5, 0.6) is 0 Å². The van der Waals surface area contributed by atoms with E-state index in [4.69, 9.17) is 5.26 Å². The van der Waals surface area contributed by atoms with E-state index in [0.717, 1.165) is 0 Å². The van der Waals surface area contributed by atoms with E-state index < -0.39 is 16.6 Å². The number of nitriles is 1. The number of esters is 1. The number of hydrogen-bond donors (Lipinski definition) is 1. The normalized spacial score (nSPS) is 9.33. The lowest BCUT2D eigenvalue weighted by Gasteiger charge is -2.05. The molecule has 1 aromatic rings. The van der Waals surface area contributed by atoms with Gasteiger partial charge in [0.2, 0.25) is 5.82 Å². The van der Waals surface area contributed by atoms with Gasteiger partial charge in [-0.3, -0.25) is 14.9 Å². The summed E-state index contributed by atoms with van der Waals surface area (Å²) in [4.78, 5) is 24.8. The molecule has 0 aliphatic rings. The molecule has 1 aromatic heterocycles. The molecule has 0 saturated carbocycles. The van der Waals surface area contributed by atoms with Crippen molar-refractivity contribution in [1.29, 1.82) is 5.26 Å². The number of nitro groups is 1. The maximum Gasteiger partial charge on any atom is 0.328 e. The largest absolute Gasteiger partial charge is 0.469 e. The SMILES string of the molecule is COC(=O)CCNc1nccc(C#N)c1[N+](=O)[O-]. The van der Waals surface area contributed by atoms with Crippen molar-refractivity contribution < 1.29 is 14.5 Å². The molecule has 0 amide bonds. The highest BCUT2D eigenvalue weighted by atomic mass is 16.6. The third-order valence-electron chi connectivity index (χ3n) is 2.08. The van der Waals surface area contributed by atoms with E-state index in [0.29, 0.717) is 0 Å². The Kier molecular flexibility index (Phi) is 4.57. The number of hydrogen-bond acceptors (Lipinski definition) is 7. The van der Waals surface area contributed by atoms with Crippen molar-refractivity contribution in [2.24, 2.45) is 0 Å². The van der Waals surface area contributed by atoms with Gasteiger partial charge in [-0.2, -0.15) is 5.26 Å². The maximum atomic E-state index is 10.9. The van der Waals surface area contributed by atoms with Gasteiger partial charge in [0.15, 0.2) is 0 Å². The fourth-order valence-electron chi connectivity index (χ4n) is 1.24. The molecule has 94 valence electrons. The van der Waals surface area contributed by atoms with Crippen molar-refractivity contribution in [2.45, 2.75) is 6.42 Å². The van der Waals surface area contributed by atoms with Gasteiger partial charge in [0.25, 0.3) is 0 Å². The van der Waals surface area contributed by atoms with Crippen LogP contribution >= 0.6 is 0 Å². The van der Waals surface area contributed by atoms with Gasteiger partial charge < -0.3 is 10.1 Å². The number of rotatable bonds is 5. The van der Waals surface area contributed by atoms with Gasteiger partial charge in [0, 0.05) is 12.7 Å². The first-order chi connectivity index (χ1) is 8.60. The van der Waals surface area contributed by atoms with Gasteiger partial charge in [0.05, 0.1) is 18.5 Å². The van der Waals surface area contributed by atoms with E-state index in [2.05, 4.69) is 15.0 Å². The summed E-state index contributed by atoms with van der Waals surface area (Å²) in [5, 5.41) is 22.2. The molecule has 0 unspecified atom stereocenters. The summed E-state index contributed by atoms with van der Waals surface area (Å²) in [6.07, 6.45) is 1.33. The average molecular weight is 250 g/mol. The van der Waals surface area contributed by atoms with E-state index >= 15 is 0 Å². The number of carbonyl (C=O) groups is 1. The molecule has 0 fully saturated rings. The Morgan fingerprint density at radius 3 is 3.00 bits per heavy atom. The number of nitrogens with one attached hydrogen (secondary N) is 1. The molecule has 8 nitrogen and oxygen atoms in total. The van der Waals surface area contributed by atoms with Gasteiger partial charge in [0.1, 0.15) is 11.6 Å². The first kappa shape index (κ1) is 13.4. The second-order valence-corrected chi connectivity index (χ2v) is 3.18. The van der Waals surface area contributed by atoms with E-state index in [1.807, 2.05) is 0 Å². The lowest BCUT2D eigenvalue weighted by atomic mass is 10.2. The molecule has 1 heterocycles. The van der Waals surface area contributed by atoms with E-state index in [-0.39, 0.29) is 24.3 Å². The number of carbonyl (C=O) groups excluding carboxylic acids is 1. The Hall–Kier alpha value is -2.69. The van der Waals surface area contributed by atoms with E-state index in [1.165, 1.54) is 19.4 Å². The number of pyridine rings is 1. The standard InChI is InChI=1S/C10H10N4O4/c1-18-8(15)3-5-13-10-9(14(16)17)7(6-11)2-4-12-10/h2,4H,3,5H2,1H3,(H,12,13). The van der Waals surface area contributed by atoms with Crippen LogP contribution in [-0.4, -0.2) is 29.5 Å². The van der Waals surface area contributed by atoms with Crippen LogP contribution in [0.3, 0.4) is 0 Å². The average Bonchev–Trinajstić information content (AvgIpc) is 2.37. The number of aromatic nitrogens is 1. The summed E-state index contributed by atoms with van der Waals surface area (Å²) in [6.45, 7) is 0.134. The van der Waals surface area contributed by atoms with Crippen LogP contribution in [0.4, 0.5) is 11.5 Å². The highest BCUT2D eigenvalue weighted by Gasteiger charge is 2.20. The molecule has 0 atom stereocenters. The molecule has 0 aromatic carbocycles. The zero-order valence-corrected chi connectivity index (χ0v) is 9.54. The third-order valence-corrected chi connectivity index (χ3v) is 2.08. The van der Waals surface area contributed by atoms with E-state index in [9.17, 15) is 14.9 Å². The fraction of sp³-hybridized carbons (Fsp3) is 0.300. The van der Waals surface area contributed by atoms with Crippen LogP contribution in [0.25, 0.3) is 0 Å². The molecule has 0 bridgehead atoms.